The van der Waals surface area contributed by atoms with Crippen molar-refractivity contribution >= 4 is 11.6 Å². The number of nitrogens with zero attached hydrogens (tertiary/aromatic N) is 2. The van der Waals surface area contributed by atoms with E-state index in [0.29, 0.717) is 11.9 Å². The average Bonchev–Trinajstić information content (AvgIpc) is 3.02. The molecule has 122 valence electrons. The van der Waals surface area contributed by atoms with Gasteiger partial charge in [-0.15, -0.1) is 0 Å². The number of ether oxygens (including phenoxy) is 1. The van der Waals surface area contributed by atoms with E-state index < -0.39 is 0 Å². The fourth-order valence-corrected chi connectivity index (χ4v) is 2.70. The minimum atomic E-state index is 0.567. The lowest BCUT2D eigenvalue weighted by atomic mass is 10.1. The summed E-state index contributed by atoms with van der Waals surface area (Å²) in [5.74, 6) is 2.05. The monoisotopic (exact) mass is 304 g/mol. The van der Waals surface area contributed by atoms with Crippen molar-refractivity contribution in [2.24, 2.45) is 16.6 Å². The van der Waals surface area contributed by atoms with Crippen molar-refractivity contribution in [1.82, 2.24) is 5.32 Å². The van der Waals surface area contributed by atoms with Crippen molar-refractivity contribution in [2.75, 3.05) is 38.2 Å². The molecule has 1 unspecified atom stereocenters. The molecule has 0 amide bonds. The van der Waals surface area contributed by atoms with Gasteiger partial charge in [0.15, 0.2) is 5.96 Å². The zero-order valence-corrected chi connectivity index (χ0v) is 13.7. The maximum Gasteiger partial charge on any atom is 0.188 e. The SMILES string of the molecule is CCCCNC(N)=NCC1CCN(c2cccc(OC)c2)C1. The van der Waals surface area contributed by atoms with Gasteiger partial charge in [0.05, 0.1) is 7.11 Å². The molecule has 1 atom stereocenters. The lowest BCUT2D eigenvalue weighted by Gasteiger charge is -2.19. The highest BCUT2D eigenvalue weighted by Gasteiger charge is 2.22. The molecule has 5 heteroatoms. The largest absolute Gasteiger partial charge is 0.497 e. The third-order valence-corrected chi connectivity index (χ3v) is 4.06. The minimum Gasteiger partial charge on any atom is -0.497 e. The Balaban J connectivity index is 1.81. The van der Waals surface area contributed by atoms with E-state index in [0.717, 1.165) is 44.8 Å². The van der Waals surface area contributed by atoms with Crippen molar-refractivity contribution in [3.63, 3.8) is 0 Å². The van der Waals surface area contributed by atoms with E-state index in [-0.39, 0.29) is 0 Å². The van der Waals surface area contributed by atoms with Crippen molar-refractivity contribution in [3.8, 4) is 5.75 Å². The number of unbranched alkanes of at least 4 members (excludes halogenated alkanes) is 1. The van der Waals surface area contributed by atoms with E-state index in [1.165, 1.54) is 12.1 Å². The fraction of sp³-hybridized carbons (Fsp3) is 0.588. The molecule has 0 radical (unpaired) electrons. The van der Waals surface area contributed by atoms with Crippen LogP contribution < -0.4 is 20.7 Å². The highest BCUT2D eigenvalue weighted by molar-refractivity contribution is 5.77. The number of benzene rings is 1. The molecule has 1 aliphatic heterocycles. The first-order valence-electron chi connectivity index (χ1n) is 8.15. The molecule has 0 bridgehead atoms. The van der Waals surface area contributed by atoms with Gasteiger partial charge in [0, 0.05) is 37.9 Å². The average molecular weight is 304 g/mol. The molecule has 0 aromatic heterocycles. The molecule has 1 heterocycles. The van der Waals surface area contributed by atoms with Gasteiger partial charge in [-0.1, -0.05) is 19.4 Å². The molecule has 0 spiro atoms. The first-order valence-corrected chi connectivity index (χ1v) is 8.15. The summed E-state index contributed by atoms with van der Waals surface area (Å²) in [5.41, 5.74) is 7.11. The third kappa shape index (κ3) is 4.83. The van der Waals surface area contributed by atoms with Gasteiger partial charge in [-0.25, -0.2) is 0 Å². The Bertz CT molecular complexity index is 489. The maximum atomic E-state index is 5.88. The zero-order chi connectivity index (χ0) is 15.8. The second-order valence-corrected chi connectivity index (χ2v) is 5.81. The number of hydrogen-bond acceptors (Lipinski definition) is 3. The summed E-state index contributed by atoms with van der Waals surface area (Å²) in [6, 6.07) is 8.24. The molecule has 1 aliphatic rings. The zero-order valence-electron chi connectivity index (χ0n) is 13.7. The minimum absolute atomic E-state index is 0.567. The second kappa shape index (κ2) is 8.51. The van der Waals surface area contributed by atoms with Crippen molar-refractivity contribution in [3.05, 3.63) is 24.3 Å². The van der Waals surface area contributed by atoms with E-state index >= 15 is 0 Å². The number of methoxy groups -OCH3 is 1. The number of hydrogen-bond donors (Lipinski definition) is 2. The molecular formula is C17H28N4O. The number of anilines is 1. The van der Waals surface area contributed by atoms with Gasteiger partial charge in [0.1, 0.15) is 5.75 Å². The Kier molecular flexibility index (Phi) is 6.37. The smallest absolute Gasteiger partial charge is 0.188 e. The van der Waals surface area contributed by atoms with Crippen LogP contribution in [-0.2, 0) is 0 Å². The molecule has 1 aromatic carbocycles. The first-order chi connectivity index (χ1) is 10.7. The Morgan fingerprint density at radius 1 is 1.50 bits per heavy atom. The molecule has 1 aromatic rings. The lowest BCUT2D eigenvalue weighted by molar-refractivity contribution is 0.415. The third-order valence-electron chi connectivity index (χ3n) is 4.06. The molecule has 0 saturated carbocycles. The van der Waals surface area contributed by atoms with Crippen LogP contribution in [0.4, 0.5) is 5.69 Å². The molecule has 22 heavy (non-hydrogen) atoms. The van der Waals surface area contributed by atoms with Crippen molar-refractivity contribution < 1.29 is 4.74 Å². The predicted molar refractivity (Wildman–Crippen MR) is 92.7 cm³/mol. The summed E-state index contributed by atoms with van der Waals surface area (Å²) >= 11 is 0. The van der Waals surface area contributed by atoms with Crippen LogP contribution in [0.5, 0.6) is 5.75 Å². The Morgan fingerprint density at radius 2 is 2.36 bits per heavy atom. The van der Waals surface area contributed by atoms with Crippen LogP contribution in [0.1, 0.15) is 26.2 Å². The molecule has 0 aliphatic carbocycles. The van der Waals surface area contributed by atoms with E-state index in [9.17, 15) is 0 Å². The second-order valence-electron chi connectivity index (χ2n) is 5.81. The molecule has 1 saturated heterocycles. The molecular weight excluding hydrogens is 276 g/mol. The standard InChI is InChI=1S/C17H28N4O/c1-3-4-9-19-17(18)20-12-14-8-10-21(13-14)15-6-5-7-16(11-15)22-2/h5-7,11,14H,3-4,8-10,12-13H2,1-2H3,(H3,18,19,20). The van der Waals surface area contributed by atoms with Gasteiger partial charge in [0.25, 0.3) is 0 Å². The summed E-state index contributed by atoms with van der Waals surface area (Å²) in [5, 5.41) is 3.16. The summed E-state index contributed by atoms with van der Waals surface area (Å²) in [7, 11) is 1.70. The number of aliphatic imine (C=N–C) groups is 1. The first kappa shape index (κ1) is 16.5. The number of nitrogens with two attached hydrogens (primary N) is 1. The van der Waals surface area contributed by atoms with Gasteiger partial charge in [-0.2, -0.15) is 0 Å². The van der Waals surface area contributed by atoms with Crippen molar-refractivity contribution in [2.45, 2.75) is 26.2 Å². The number of rotatable bonds is 7. The van der Waals surface area contributed by atoms with Crippen LogP contribution in [0.2, 0.25) is 0 Å². The Hall–Kier alpha value is -1.91. The maximum absolute atomic E-state index is 5.88. The number of guanidine groups is 1. The van der Waals surface area contributed by atoms with E-state index in [2.05, 4.69) is 34.3 Å². The van der Waals surface area contributed by atoms with Crippen LogP contribution in [-0.4, -0.2) is 39.2 Å². The topological polar surface area (TPSA) is 62.9 Å². The fourth-order valence-electron chi connectivity index (χ4n) is 2.70. The van der Waals surface area contributed by atoms with E-state index in [1.807, 2.05) is 12.1 Å². The number of nitrogens with one attached hydrogen (secondary N) is 1. The van der Waals surface area contributed by atoms with Gasteiger partial charge >= 0.3 is 0 Å². The molecule has 2 rings (SSSR count). The molecule has 1 fully saturated rings. The van der Waals surface area contributed by atoms with Crippen LogP contribution in [0, 0.1) is 5.92 Å². The lowest BCUT2D eigenvalue weighted by Crippen LogP contribution is -2.33. The van der Waals surface area contributed by atoms with Gasteiger partial charge < -0.3 is 20.7 Å². The summed E-state index contributed by atoms with van der Waals surface area (Å²) < 4.78 is 5.29. The van der Waals surface area contributed by atoms with Gasteiger partial charge in [0.2, 0.25) is 0 Å². The van der Waals surface area contributed by atoms with Crippen LogP contribution in [0.15, 0.2) is 29.3 Å². The highest BCUT2D eigenvalue weighted by Crippen LogP contribution is 2.26. The quantitative estimate of drug-likeness (QED) is 0.461. The van der Waals surface area contributed by atoms with Crippen LogP contribution in [0.3, 0.4) is 0 Å². The van der Waals surface area contributed by atoms with E-state index in [4.69, 9.17) is 10.5 Å². The Morgan fingerprint density at radius 3 is 3.14 bits per heavy atom. The normalized spacial score (nSPS) is 18.5. The summed E-state index contributed by atoms with van der Waals surface area (Å²) in [6.45, 7) is 5.97. The Labute approximate surface area is 133 Å². The predicted octanol–water partition coefficient (Wildman–Crippen LogP) is 2.23. The van der Waals surface area contributed by atoms with Gasteiger partial charge in [-0.05, 0) is 30.9 Å². The van der Waals surface area contributed by atoms with Gasteiger partial charge in [-0.3, -0.25) is 4.99 Å². The highest BCUT2D eigenvalue weighted by atomic mass is 16.5. The summed E-state index contributed by atoms with van der Waals surface area (Å²) in [6.07, 6.45) is 3.45. The molecule has 5 nitrogen and oxygen atoms in total. The van der Waals surface area contributed by atoms with Crippen molar-refractivity contribution in [1.29, 1.82) is 0 Å². The van der Waals surface area contributed by atoms with Crippen LogP contribution >= 0.6 is 0 Å². The van der Waals surface area contributed by atoms with Crippen LogP contribution in [0.25, 0.3) is 0 Å². The van der Waals surface area contributed by atoms with E-state index in [1.54, 1.807) is 7.11 Å². The molecule has 3 N–H and O–H groups in total. The summed E-state index contributed by atoms with van der Waals surface area (Å²) in [4.78, 5) is 6.86.